The molecule has 1 aromatic heterocycles. The Bertz CT molecular complexity index is 1010. The molecule has 0 spiro atoms. The van der Waals surface area contributed by atoms with Gasteiger partial charge < -0.3 is 19.5 Å². The van der Waals surface area contributed by atoms with E-state index in [0.717, 1.165) is 11.3 Å². The first-order valence-electron chi connectivity index (χ1n) is 10.7. The smallest absolute Gasteiger partial charge is 0.251 e. The molecule has 0 unspecified atom stereocenters. The summed E-state index contributed by atoms with van der Waals surface area (Å²) in [5.74, 6) is -0.970. The van der Waals surface area contributed by atoms with Crippen molar-refractivity contribution in [1.82, 2.24) is 20.3 Å². The van der Waals surface area contributed by atoms with E-state index < -0.39 is 11.9 Å². The summed E-state index contributed by atoms with van der Waals surface area (Å²) in [4.78, 5) is 12.6. The Morgan fingerprint density at radius 1 is 1.06 bits per heavy atom. The first-order chi connectivity index (χ1) is 15.5. The molecule has 0 radical (unpaired) electrons. The van der Waals surface area contributed by atoms with Crippen LogP contribution in [0.3, 0.4) is 0 Å². The van der Waals surface area contributed by atoms with E-state index in [0.29, 0.717) is 25.3 Å². The molecule has 1 fully saturated rings. The lowest BCUT2D eigenvalue weighted by atomic mass is 10.1. The van der Waals surface area contributed by atoms with Gasteiger partial charge in [0.15, 0.2) is 5.79 Å². The molecule has 4 rings (SSSR count). The van der Waals surface area contributed by atoms with Gasteiger partial charge in [-0.15, -0.1) is 5.10 Å². The van der Waals surface area contributed by atoms with Crippen LogP contribution in [0, 0.1) is 0 Å². The Balaban J connectivity index is 1.48. The maximum atomic E-state index is 12.6. The molecule has 0 bridgehead atoms. The van der Waals surface area contributed by atoms with Crippen molar-refractivity contribution in [2.24, 2.45) is 0 Å². The fraction of sp³-hybridized carbons (Fsp3) is 0.375. The van der Waals surface area contributed by atoms with Gasteiger partial charge in [0, 0.05) is 17.7 Å². The predicted octanol–water partition coefficient (Wildman–Crippen LogP) is 2.91. The van der Waals surface area contributed by atoms with Crippen LogP contribution < -0.4 is 5.32 Å². The topological polar surface area (TPSA) is 87.5 Å². The average molecular weight is 437 g/mol. The number of amides is 1. The minimum Gasteiger partial charge on any atom is -0.371 e. The number of ether oxygens (including phenoxy) is 3. The molecule has 168 valence electrons. The van der Waals surface area contributed by atoms with Gasteiger partial charge >= 0.3 is 0 Å². The second-order valence-electron chi connectivity index (χ2n) is 8.08. The van der Waals surface area contributed by atoms with Crippen LogP contribution in [-0.4, -0.2) is 58.7 Å². The summed E-state index contributed by atoms with van der Waals surface area (Å²) in [6.07, 6.45) is 1.10. The number of hydrogen-bond acceptors (Lipinski definition) is 6. The lowest BCUT2D eigenvalue weighted by Gasteiger charge is -2.37. The second-order valence-corrected chi connectivity index (χ2v) is 8.08. The molecule has 8 heteroatoms. The number of nitrogens with one attached hydrogen (secondary N) is 1. The lowest BCUT2D eigenvalue weighted by Crippen LogP contribution is -2.50. The normalized spacial score (nSPS) is 20.8. The van der Waals surface area contributed by atoms with E-state index in [9.17, 15) is 4.79 Å². The van der Waals surface area contributed by atoms with Crippen LogP contribution in [0.25, 0.3) is 11.3 Å². The fourth-order valence-corrected chi connectivity index (χ4v) is 3.61. The van der Waals surface area contributed by atoms with Gasteiger partial charge in [-0.2, -0.15) is 0 Å². The molecular formula is C24H28N4O4. The van der Waals surface area contributed by atoms with Crippen LogP contribution in [-0.2, 0) is 20.8 Å². The minimum atomic E-state index is -0.804. The average Bonchev–Trinajstić information content (AvgIpc) is 3.27. The Labute approximate surface area is 187 Å². The molecular weight excluding hydrogens is 408 g/mol. The van der Waals surface area contributed by atoms with E-state index in [1.807, 2.05) is 68.6 Å². The van der Waals surface area contributed by atoms with Gasteiger partial charge in [-0.1, -0.05) is 53.7 Å². The van der Waals surface area contributed by atoms with Crippen LogP contribution in [0.5, 0.6) is 0 Å². The SMILES string of the molecule is CC1(C)OCCO[C@H](Cn2cc(-c3ccccc3)nn2)[C@H](CNC(=O)c2ccccc2)O1. The van der Waals surface area contributed by atoms with Gasteiger partial charge in [0.25, 0.3) is 5.91 Å². The van der Waals surface area contributed by atoms with E-state index in [1.165, 1.54) is 0 Å². The summed E-state index contributed by atoms with van der Waals surface area (Å²) in [5, 5.41) is 11.5. The Morgan fingerprint density at radius 3 is 2.53 bits per heavy atom. The summed E-state index contributed by atoms with van der Waals surface area (Å²) in [5.41, 5.74) is 2.37. The van der Waals surface area contributed by atoms with Gasteiger partial charge in [-0.05, 0) is 26.0 Å². The Morgan fingerprint density at radius 2 is 1.78 bits per heavy atom. The molecule has 1 amide bonds. The van der Waals surface area contributed by atoms with Crippen LogP contribution in [0.4, 0.5) is 0 Å². The number of aromatic nitrogens is 3. The number of carbonyl (C=O) groups is 1. The molecule has 1 aliphatic rings. The Kier molecular flexibility index (Phi) is 6.94. The van der Waals surface area contributed by atoms with Crippen molar-refractivity contribution in [3.63, 3.8) is 0 Å². The highest BCUT2D eigenvalue weighted by Crippen LogP contribution is 2.22. The number of rotatable bonds is 6. The van der Waals surface area contributed by atoms with E-state index in [1.54, 1.807) is 16.8 Å². The molecule has 1 saturated heterocycles. The molecule has 32 heavy (non-hydrogen) atoms. The number of benzene rings is 2. The van der Waals surface area contributed by atoms with Crippen molar-refractivity contribution in [2.75, 3.05) is 19.8 Å². The highest BCUT2D eigenvalue weighted by molar-refractivity contribution is 5.94. The van der Waals surface area contributed by atoms with Crippen molar-refractivity contribution in [2.45, 2.75) is 38.4 Å². The zero-order valence-electron chi connectivity index (χ0n) is 18.3. The summed E-state index contributed by atoms with van der Waals surface area (Å²) in [6.45, 7) is 5.27. The molecule has 3 aromatic rings. The maximum absolute atomic E-state index is 12.6. The van der Waals surface area contributed by atoms with Crippen molar-refractivity contribution in [3.05, 3.63) is 72.4 Å². The van der Waals surface area contributed by atoms with Crippen LogP contribution in [0.15, 0.2) is 66.9 Å². The molecule has 2 aromatic carbocycles. The summed E-state index contributed by atoms with van der Waals surface area (Å²) in [6, 6.07) is 19.0. The van der Waals surface area contributed by atoms with Crippen LogP contribution >= 0.6 is 0 Å². The van der Waals surface area contributed by atoms with Gasteiger partial charge in [0.05, 0.1) is 26.0 Å². The number of hydrogen-bond donors (Lipinski definition) is 1. The molecule has 1 N–H and O–H groups in total. The minimum absolute atomic E-state index is 0.166. The van der Waals surface area contributed by atoms with E-state index in [4.69, 9.17) is 14.2 Å². The molecule has 1 aliphatic heterocycles. The lowest BCUT2D eigenvalue weighted by molar-refractivity contribution is -0.279. The fourth-order valence-electron chi connectivity index (χ4n) is 3.61. The first-order valence-corrected chi connectivity index (χ1v) is 10.7. The second kappa shape index (κ2) is 10.0. The van der Waals surface area contributed by atoms with E-state index >= 15 is 0 Å². The highest BCUT2D eigenvalue weighted by Gasteiger charge is 2.34. The van der Waals surface area contributed by atoms with Gasteiger partial charge in [-0.25, -0.2) is 4.68 Å². The molecule has 8 nitrogen and oxygen atoms in total. The Hall–Kier alpha value is -3.07. The van der Waals surface area contributed by atoms with E-state index in [2.05, 4.69) is 15.6 Å². The highest BCUT2D eigenvalue weighted by atomic mass is 16.7. The number of nitrogens with zero attached hydrogens (tertiary/aromatic N) is 3. The summed E-state index contributed by atoms with van der Waals surface area (Å²) >= 11 is 0. The zero-order chi connectivity index (χ0) is 22.4. The third-order valence-corrected chi connectivity index (χ3v) is 5.19. The first kappa shape index (κ1) is 22.1. The summed E-state index contributed by atoms with van der Waals surface area (Å²) in [7, 11) is 0. The standard InChI is InChI=1S/C24H28N4O4/c1-24(2)31-14-13-30-22(17-28-16-20(26-27-28)18-9-5-3-6-10-18)21(32-24)15-25-23(29)19-11-7-4-8-12-19/h3-12,16,21-22H,13-15,17H2,1-2H3,(H,25,29)/t21-,22+/m0/s1. The van der Waals surface area contributed by atoms with Crippen molar-refractivity contribution in [3.8, 4) is 11.3 Å². The maximum Gasteiger partial charge on any atom is 0.251 e. The quantitative estimate of drug-likeness (QED) is 0.639. The predicted molar refractivity (Wildman–Crippen MR) is 119 cm³/mol. The molecule has 2 atom stereocenters. The number of carbonyl (C=O) groups excluding carboxylic acids is 1. The van der Waals surface area contributed by atoms with Crippen LogP contribution in [0.1, 0.15) is 24.2 Å². The molecule has 0 saturated carbocycles. The van der Waals surface area contributed by atoms with E-state index in [-0.39, 0.29) is 18.6 Å². The molecule has 2 heterocycles. The third kappa shape index (κ3) is 5.79. The van der Waals surface area contributed by atoms with Gasteiger partial charge in [0.1, 0.15) is 17.9 Å². The van der Waals surface area contributed by atoms with Gasteiger partial charge in [-0.3, -0.25) is 4.79 Å². The molecule has 0 aliphatic carbocycles. The van der Waals surface area contributed by atoms with Gasteiger partial charge in [0.2, 0.25) is 0 Å². The monoisotopic (exact) mass is 436 g/mol. The van der Waals surface area contributed by atoms with Crippen LogP contribution in [0.2, 0.25) is 0 Å². The zero-order valence-corrected chi connectivity index (χ0v) is 18.3. The van der Waals surface area contributed by atoms with Crippen molar-refractivity contribution in [1.29, 1.82) is 0 Å². The third-order valence-electron chi connectivity index (χ3n) is 5.19. The van der Waals surface area contributed by atoms with Crippen molar-refractivity contribution >= 4 is 5.91 Å². The largest absolute Gasteiger partial charge is 0.371 e. The summed E-state index contributed by atoms with van der Waals surface area (Å²) < 4.78 is 19.8. The van der Waals surface area contributed by atoms with Crippen molar-refractivity contribution < 1.29 is 19.0 Å².